The Labute approximate surface area is 104 Å². The van der Waals surface area contributed by atoms with Crippen molar-refractivity contribution in [1.82, 2.24) is 0 Å². The normalized spacial score (nSPS) is 10.2. The van der Waals surface area contributed by atoms with E-state index in [1.54, 1.807) is 0 Å². The van der Waals surface area contributed by atoms with Gasteiger partial charge in [0.15, 0.2) is 23.1 Å². The Morgan fingerprint density at radius 2 is 2.06 bits per heavy atom. The number of ether oxygens (including phenoxy) is 2. The summed E-state index contributed by atoms with van der Waals surface area (Å²) < 4.78 is 23.4. The molecule has 5 nitrogen and oxygen atoms in total. The number of carboxylic acid groups (broad SMARTS) is 1. The Bertz CT molecular complexity index is 445. The summed E-state index contributed by atoms with van der Waals surface area (Å²) in [5.41, 5.74) is 0.218. The minimum absolute atomic E-state index is 0.0680. The fourth-order valence-electron chi connectivity index (χ4n) is 1.67. The van der Waals surface area contributed by atoms with Gasteiger partial charge in [0, 0.05) is 18.1 Å². The van der Waals surface area contributed by atoms with Gasteiger partial charge in [-0.05, 0) is 12.8 Å². The Kier molecular flexibility index (Phi) is 4.76. The van der Waals surface area contributed by atoms with Crippen LogP contribution in [-0.2, 0) is 11.2 Å². The number of methoxy groups -OCH3 is 2. The molecule has 1 aromatic rings. The zero-order valence-electron chi connectivity index (χ0n) is 10.2. The predicted molar refractivity (Wildman–Crippen MR) is 61.7 cm³/mol. The molecule has 0 saturated carbocycles. The number of rotatable bonds is 6. The summed E-state index contributed by atoms with van der Waals surface area (Å²) in [5.74, 6) is -1.91. The third kappa shape index (κ3) is 3.03. The highest BCUT2D eigenvalue weighted by molar-refractivity contribution is 5.66. The van der Waals surface area contributed by atoms with Crippen LogP contribution in [0, 0.1) is 5.82 Å². The number of aromatic hydroxyl groups is 1. The SMILES string of the molecule is COc1cc(F)c(O)c(CCCC(=O)O)c1OC. The molecular weight excluding hydrogens is 243 g/mol. The largest absolute Gasteiger partial charge is 0.505 e. The minimum Gasteiger partial charge on any atom is -0.505 e. The van der Waals surface area contributed by atoms with Crippen LogP contribution in [-0.4, -0.2) is 30.4 Å². The third-order valence-electron chi connectivity index (χ3n) is 2.51. The van der Waals surface area contributed by atoms with E-state index in [2.05, 4.69) is 0 Å². The molecule has 0 aliphatic rings. The molecule has 0 heterocycles. The van der Waals surface area contributed by atoms with Gasteiger partial charge in [-0.1, -0.05) is 0 Å². The van der Waals surface area contributed by atoms with E-state index in [4.69, 9.17) is 14.6 Å². The number of carbonyl (C=O) groups is 1. The van der Waals surface area contributed by atoms with Crippen molar-refractivity contribution in [3.63, 3.8) is 0 Å². The lowest BCUT2D eigenvalue weighted by Crippen LogP contribution is -2.01. The first-order valence-electron chi connectivity index (χ1n) is 5.35. The van der Waals surface area contributed by atoms with Crippen LogP contribution in [0.25, 0.3) is 0 Å². The molecule has 0 aliphatic heterocycles. The van der Waals surface area contributed by atoms with E-state index in [0.717, 1.165) is 6.07 Å². The number of phenols is 1. The number of carboxylic acids is 1. The van der Waals surface area contributed by atoms with Gasteiger partial charge in [-0.3, -0.25) is 4.79 Å². The van der Waals surface area contributed by atoms with Crippen LogP contribution in [0.5, 0.6) is 17.2 Å². The summed E-state index contributed by atoms with van der Waals surface area (Å²) in [5, 5.41) is 18.2. The fourth-order valence-corrected chi connectivity index (χ4v) is 1.67. The minimum atomic E-state index is -0.947. The zero-order valence-corrected chi connectivity index (χ0v) is 10.2. The number of aliphatic carboxylic acids is 1. The fraction of sp³-hybridized carbons (Fsp3) is 0.417. The molecule has 0 amide bonds. The van der Waals surface area contributed by atoms with E-state index in [1.165, 1.54) is 14.2 Å². The summed E-state index contributed by atoms with van der Waals surface area (Å²) in [6, 6.07) is 1.02. The molecule has 18 heavy (non-hydrogen) atoms. The summed E-state index contributed by atoms with van der Waals surface area (Å²) in [4.78, 5) is 10.4. The van der Waals surface area contributed by atoms with Gasteiger partial charge in [0.1, 0.15) is 0 Å². The van der Waals surface area contributed by atoms with Crippen molar-refractivity contribution < 1.29 is 28.9 Å². The van der Waals surface area contributed by atoms with Crippen molar-refractivity contribution in [2.45, 2.75) is 19.3 Å². The maximum absolute atomic E-state index is 13.4. The molecule has 100 valence electrons. The topological polar surface area (TPSA) is 76.0 Å². The van der Waals surface area contributed by atoms with E-state index in [0.29, 0.717) is 0 Å². The molecule has 0 unspecified atom stereocenters. The smallest absolute Gasteiger partial charge is 0.303 e. The number of hydrogen-bond donors (Lipinski definition) is 2. The van der Waals surface area contributed by atoms with Crippen molar-refractivity contribution in [3.8, 4) is 17.2 Å². The van der Waals surface area contributed by atoms with E-state index in [-0.39, 0.29) is 36.3 Å². The lowest BCUT2D eigenvalue weighted by Gasteiger charge is -2.14. The molecule has 0 aliphatic carbocycles. The molecule has 0 atom stereocenters. The first kappa shape index (κ1) is 14.1. The highest BCUT2D eigenvalue weighted by Gasteiger charge is 2.19. The molecule has 0 saturated heterocycles. The van der Waals surface area contributed by atoms with Gasteiger partial charge in [-0.25, -0.2) is 4.39 Å². The molecule has 0 bridgehead atoms. The predicted octanol–water partition coefficient (Wildman–Crippen LogP) is 1.96. The molecule has 6 heteroatoms. The molecule has 1 aromatic carbocycles. The van der Waals surface area contributed by atoms with E-state index < -0.39 is 17.5 Å². The average Bonchev–Trinajstić information content (AvgIpc) is 2.33. The van der Waals surface area contributed by atoms with Gasteiger partial charge >= 0.3 is 5.97 Å². The number of phenolic OH excluding ortho intramolecular Hbond substituents is 1. The van der Waals surface area contributed by atoms with Gasteiger partial charge in [0.05, 0.1) is 14.2 Å². The van der Waals surface area contributed by atoms with E-state index >= 15 is 0 Å². The molecule has 1 rings (SSSR count). The second-order valence-corrected chi connectivity index (χ2v) is 3.67. The van der Waals surface area contributed by atoms with Gasteiger partial charge in [0.25, 0.3) is 0 Å². The summed E-state index contributed by atoms with van der Waals surface area (Å²) in [6.45, 7) is 0. The zero-order chi connectivity index (χ0) is 13.7. The lowest BCUT2D eigenvalue weighted by atomic mass is 10.0. The number of hydrogen-bond acceptors (Lipinski definition) is 4. The summed E-state index contributed by atoms with van der Waals surface area (Å²) >= 11 is 0. The van der Waals surface area contributed by atoms with Crippen LogP contribution >= 0.6 is 0 Å². The molecule has 0 spiro atoms. The Morgan fingerprint density at radius 3 is 2.56 bits per heavy atom. The third-order valence-corrected chi connectivity index (χ3v) is 2.51. The molecule has 0 aromatic heterocycles. The van der Waals surface area contributed by atoms with Crippen LogP contribution < -0.4 is 9.47 Å². The maximum atomic E-state index is 13.4. The van der Waals surface area contributed by atoms with Crippen LogP contribution in [0.1, 0.15) is 18.4 Å². The van der Waals surface area contributed by atoms with Gasteiger partial charge in [-0.2, -0.15) is 0 Å². The number of benzene rings is 1. The van der Waals surface area contributed by atoms with Crippen LogP contribution in [0.15, 0.2) is 6.07 Å². The molecular formula is C12H15FO5. The monoisotopic (exact) mass is 258 g/mol. The van der Waals surface area contributed by atoms with Crippen LogP contribution in [0.3, 0.4) is 0 Å². The standard InChI is InChI=1S/C12H15FO5/c1-17-9-6-8(13)11(16)7(12(9)18-2)4-3-5-10(14)15/h6,16H,3-5H2,1-2H3,(H,14,15). The first-order valence-corrected chi connectivity index (χ1v) is 5.35. The Morgan fingerprint density at radius 1 is 1.39 bits per heavy atom. The van der Waals surface area contributed by atoms with Crippen molar-refractivity contribution in [1.29, 1.82) is 0 Å². The van der Waals surface area contributed by atoms with Crippen molar-refractivity contribution in [2.75, 3.05) is 14.2 Å². The summed E-state index contributed by atoms with van der Waals surface area (Å²) in [6.07, 6.45) is 0.392. The molecule has 0 fully saturated rings. The highest BCUT2D eigenvalue weighted by Crippen LogP contribution is 2.39. The molecule has 0 radical (unpaired) electrons. The quantitative estimate of drug-likeness (QED) is 0.815. The average molecular weight is 258 g/mol. The lowest BCUT2D eigenvalue weighted by molar-refractivity contribution is -0.137. The van der Waals surface area contributed by atoms with Gasteiger partial charge in [0.2, 0.25) is 0 Å². The molecule has 2 N–H and O–H groups in total. The summed E-state index contributed by atoms with van der Waals surface area (Å²) in [7, 11) is 2.73. The van der Waals surface area contributed by atoms with E-state index in [1.807, 2.05) is 0 Å². The Hall–Kier alpha value is -1.98. The highest BCUT2D eigenvalue weighted by atomic mass is 19.1. The van der Waals surface area contributed by atoms with Crippen molar-refractivity contribution in [3.05, 3.63) is 17.4 Å². The van der Waals surface area contributed by atoms with Gasteiger partial charge < -0.3 is 19.7 Å². The second kappa shape index (κ2) is 6.09. The van der Waals surface area contributed by atoms with Crippen molar-refractivity contribution >= 4 is 5.97 Å². The van der Waals surface area contributed by atoms with Crippen LogP contribution in [0.4, 0.5) is 4.39 Å². The maximum Gasteiger partial charge on any atom is 0.303 e. The van der Waals surface area contributed by atoms with Gasteiger partial charge in [-0.15, -0.1) is 0 Å². The first-order chi connectivity index (χ1) is 8.51. The number of halogens is 1. The Balaban J connectivity index is 3.06. The van der Waals surface area contributed by atoms with Crippen molar-refractivity contribution in [2.24, 2.45) is 0 Å². The second-order valence-electron chi connectivity index (χ2n) is 3.67. The van der Waals surface area contributed by atoms with E-state index in [9.17, 15) is 14.3 Å². The van der Waals surface area contributed by atoms with Crippen LogP contribution in [0.2, 0.25) is 0 Å².